The van der Waals surface area contributed by atoms with Crippen molar-refractivity contribution in [3.8, 4) is 0 Å². The molecule has 0 saturated heterocycles. The number of carbonyl (C=O) groups is 5. The predicted octanol–water partition coefficient (Wildman–Crippen LogP) is 0.312. The van der Waals surface area contributed by atoms with Crippen LogP contribution in [0.15, 0.2) is 24.3 Å². The number of carboxylic acid groups (broad SMARTS) is 1. The van der Waals surface area contributed by atoms with Gasteiger partial charge in [0.1, 0.15) is 12.1 Å². The fourth-order valence-corrected chi connectivity index (χ4v) is 4.64. The number of tetrazole rings is 1. The second-order valence-electron chi connectivity index (χ2n) is 10.7. The maximum Gasteiger partial charge on any atom is 0.303 e. The summed E-state index contributed by atoms with van der Waals surface area (Å²) in [4.78, 5) is 64.7. The molecule has 2 heterocycles. The first-order valence-corrected chi connectivity index (χ1v) is 13.1. The maximum atomic E-state index is 13.4. The van der Waals surface area contributed by atoms with Crippen LogP contribution in [0.4, 0.5) is 5.69 Å². The van der Waals surface area contributed by atoms with Crippen molar-refractivity contribution in [1.29, 1.82) is 0 Å². The van der Waals surface area contributed by atoms with Crippen LogP contribution in [0.25, 0.3) is 0 Å². The molecule has 4 amide bonds. The Morgan fingerprint density at radius 1 is 1.15 bits per heavy atom. The number of carbonyl (C=O) groups excluding carboxylic acids is 4. The number of hydrogen-bond donors (Lipinski definition) is 5. The van der Waals surface area contributed by atoms with E-state index in [9.17, 15) is 24.0 Å². The Kier molecular flexibility index (Phi) is 9.91. The molecule has 1 aromatic carbocycles. The third kappa shape index (κ3) is 7.83. The standard InChI is InChI=1S/C26H36N8O6/c1-5-15(2)23(29-20(35)11-26(3,4)12-22(37)38)25(40)28-14-21(36)34-17-9-7-6-8-16(17)10-18(34)24(39)27-13-19-30-32-33-31-19/h6-9,15,18,23H,5,10-14H2,1-4H3,(H,27,39)(H,28,40)(H,29,35)(H,37,38)(H,30,31,32,33)/t15?,18-,23?/m0/s1. The van der Waals surface area contributed by atoms with Crippen LogP contribution < -0.4 is 20.9 Å². The van der Waals surface area contributed by atoms with E-state index in [-0.39, 0.29) is 25.3 Å². The van der Waals surface area contributed by atoms with Crippen LogP contribution >= 0.6 is 0 Å². The number of nitrogens with zero attached hydrogens (tertiary/aromatic N) is 4. The van der Waals surface area contributed by atoms with Crippen molar-refractivity contribution in [2.24, 2.45) is 11.3 Å². The summed E-state index contributed by atoms with van der Waals surface area (Å²) in [6.07, 6.45) is 0.596. The average molecular weight is 557 g/mol. The molecule has 2 unspecified atom stereocenters. The van der Waals surface area contributed by atoms with Crippen molar-refractivity contribution >= 4 is 35.3 Å². The van der Waals surface area contributed by atoms with Crippen LogP contribution in [-0.4, -0.2) is 74.0 Å². The van der Waals surface area contributed by atoms with Gasteiger partial charge in [-0.05, 0) is 23.0 Å². The second-order valence-corrected chi connectivity index (χ2v) is 10.7. The van der Waals surface area contributed by atoms with Gasteiger partial charge in [-0.15, -0.1) is 10.2 Å². The molecule has 2 aromatic rings. The molecule has 5 N–H and O–H groups in total. The summed E-state index contributed by atoms with van der Waals surface area (Å²) in [5.41, 5.74) is 0.592. The zero-order valence-electron chi connectivity index (χ0n) is 23.1. The molecular weight excluding hydrogens is 520 g/mol. The van der Waals surface area contributed by atoms with Gasteiger partial charge < -0.3 is 21.1 Å². The van der Waals surface area contributed by atoms with Crippen LogP contribution in [-0.2, 0) is 36.9 Å². The van der Waals surface area contributed by atoms with E-state index < -0.39 is 53.6 Å². The van der Waals surface area contributed by atoms with Crippen LogP contribution in [0.2, 0.25) is 0 Å². The Labute approximate surface area is 231 Å². The van der Waals surface area contributed by atoms with E-state index in [1.54, 1.807) is 32.9 Å². The van der Waals surface area contributed by atoms with Gasteiger partial charge in [0.25, 0.3) is 0 Å². The smallest absolute Gasteiger partial charge is 0.303 e. The zero-order valence-corrected chi connectivity index (χ0v) is 23.1. The predicted molar refractivity (Wildman–Crippen MR) is 142 cm³/mol. The molecule has 1 aromatic heterocycles. The number of nitrogens with one attached hydrogen (secondary N) is 4. The quantitative estimate of drug-likeness (QED) is 0.230. The Hall–Kier alpha value is -4.36. The van der Waals surface area contributed by atoms with Crippen molar-refractivity contribution in [1.82, 2.24) is 36.6 Å². The highest BCUT2D eigenvalue weighted by Crippen LogP contribution is 2.32. The molecule has 0 fully saturated rings. The number of fused-ring (bicyclic) bond motifs is 1. The molecule has 216 valence electrons. The van der Waals surface area contributed by atoms with Crippen molar-refractivity contribution in [3.05, 3.63) is 35.7 Å². The fraction of sp³-hybridized carbons (Fsp3) is 0.538. The minimum absolute atomic E-state index is 0.0283. The van der Waals surface area contributed by atoms with Crippen LogP contribution in [0.1, 0.15) is 58.3 Å². The number of aromatic nitrogens is 4. The molecule has 14 heteroatoms. The highest BCUT2D eigenvalue weighted by molar-refractivity contribution is 6.05. The summed E-state index contributed by atoms with van der Waals surface area (Å²) in [6.45, 7) is 6.64. The van der Waals surface area contributed by atoms with Crippen molar-refractivity contribution < 1.29 is 29.1 Å². The maximum absolute atomic E-state index is 13.4. The fourth-order valence-electron chi connectivity index (χ4n) is 4.64. The van der Waals surface area contributed by atoms with E-state index in [4.69, 9.17) is 5.11 Å². The molecule has 1 aliphatic rings. The normalized spacial score (nSPS) is 16.0. The minimum Gasteiger partial charge on any atom is -0.481 e. The summed E-state index contributed by atoms with van der Waals surface area (Å²) in [7, 11) is 0. The van der Waals surface area contributed by atoms with E-state index >= 15 is 0 Å². The number of aromatic amines is 1. The van der Waals surface area contributed by atoms with Crippen molar-refractivity contribution in [2.45, 2.75) is 72.0 Å². The van der Waals surface area contributed by atoms with Gasteiger partial charge in [-0.2, -0.15) is 5.21 Å². The molecule has 14 nitrogen and oxygen atoms in total. The van der Waals surface area contributed by atoms with Crippen molar-refractivity contribution in [2.75, 3.05) is 11.4 Å². The molecule has 1 aliphatic heterocycles. The number of H-pyrrole nitrogens is 1. The second kappa shape index (κ2) is 13.1. The van der Waals surface area contributed by atoms with Crippen LogP contribution in [0.3, 0.4) is 0 Å². The monoisotopic (exact) mass is 556 g/mol. The van der Waals surface area contributed by atoms with Gasteiger partial charge in [-0.3, -0.25) is 28.9 Å². The van der Waals surface area contributed by atoms with Gasteiger partial charge in [0, 0.05) is 18.5 Å². The van der Waals surface area contributed by atoms with Gasteiger partial charge in [0.15, 0.2) is 5.82 Å². The van der Waals surface area contributed by atoms with Crippen molar-refractivity contribution in [3.63, 3.8) is 0 Å². The summed E-state index contributed by atoms with van der Waals surface area (Å²) in [6, 6.07) is 5.39. The molecular formula is C26H36N8O6. The Bertz CT molecular complexity index is 1230. The zero-order chi connectivity index (χ0) is 29.4. The number of carboxylic acids is 1. The molecule has 3 rings (SSSR count). The van der Waals surface area contributed by atoms with E-state index in [0.29, 0.717) is 24.4 Å². The summed E-state index contributed by atoms with van der Waals surface area (Å²) in [5, 5.41) is 30.5. The highest BCUT2D eigenvalue weighted by atomic mass is 16.4. The van der Waals surface area contributed by atoms with Gasteiger partial charge in [-0.25, -0.2) is 0 Å². The van der Waals surface area contributed by atoms with Gasteiger partial charge in [-0.1, -0.05) is 57.5 Å². The van der Waals surface area contributed by atoms with E-state index in [1.165, 1.54) is 4.90 Å². The van der Waals surface area contributed by atoms with Gasteiger partial charge in [0.05, 0.1) is 19.5 Å². The summed E-state index contributed by atoms with van der Waals surface area (Å²) >= 11 is 0. The van der Waals surface area contributed by atoms with E-state index in [2.05, 4.69) is 36.6 Å². The third-order valence-corrected chi connectivity index (χ3v) is 6.85. The first kappa shape index (κ1) is 30.2. The number of rotatable bonds is 13. The lowest BCUT2D eigenvalue weighted by Crippen LogP contribution is -2.54. The van der Waals surface area contributed by atoms with Crippen LogP contribution in [0, 0.1) is 11.3 Å². The Balaban J connectivity index is 1.67. The average Bonchev–Trinajstić information content (AvgIpc) is 3.55. The molecule has 0 aliphatic carbocycles. The number of benzene rings is 1. The third-order valence-electron chi connectivity index (χ3n) is 6.85. The highest BCUT2D eigenvalue weighted by Gasteiger charge is 2.38. The van der Waals surface area contributed by atoms with Crippen LogP contribution in [0.5, 0.6) is 0 Å². The SMILES string of the molecule is CCC(C)C(NC(=O)CC(C)(C)CC(=O)O)C(=O)NCC(=O)N1c2ccccc2C[C@H]1C(=O)NCc1nn[nH]n1. The lowest BCUT2D eigenvalue weighted by atomic mass is 9.85. The largest absolute Gasteiger partial charge is 0.481 e. The lowest BCUT2D eigenvalue weighted by Gasteiger charge is -2.28. The first-order chi connectivity index (χ1) is 18.9. The molecule has 0 spiro atoms. The van der Waals surface area contributed by atoms with Gasteiger partial charge >= 0.3 is 5.97 Å². The Morgan fingerprint density at radius 2 is 1.88 bits per heavy atom. The molecule has 3 atom stereocenters. The molecule has 0 saturated carbocycles. The number of aliphatic carboxylic acids is 1. The Morgan fingerprint density at radius 3 is 2.52 bits per heavy atom. The van der Waals surface area contributed by atoms with E-state index in [1.807, 2.05) is 19.1 Å². The molecule has 40 heavy (non-hydrogen) atoms. The van der Waals surface area contributed by atoms with Gasteiger partial charge in [0.2, 0.25) is 23.6 Å². The summed E-state index contributed by atoms with van der Waals surface area (Å²) < 4.78 is 0. The van der Waals surface area contributed by atoms with E-state index in [0.717, 1.165) is 5.56 Å². The lowest BCUT2D eigenvalue weighted by molar-refractivity contribution is -0.140. The topological polar surface area (TPSA) is 199 Å². The minimum atomic E-state index is -1.02. The number of para-hydroxylation sites is 1. The number of anilines is 1. The number of hydrogen-bond acceptors (Lipinski definition) is 8. The number of amides is 4. The first-order valence-electron chi connectivity index (χ1n) is 13.1. The molecule has 0 radical (unpaired) electrons. The molecule has 0 bridgehead atoms. The summed E-state index contributed by atoms with van der Waals surface area (Å²) in [5.74, 6) is -2.87.